The van der Waals surface area contributed by atoms with Crippen LogP contribution in [-0.4, -0.2) is 18.6 Å². The van der Waals surface area contributed by atoms with Gasteiger partial charge in [-0.15, -0.1) is 0 Å². The van der Waals surface area contributed by atoms with Gasteiger partial charge in [-0.2, -0.15) is 5.10 Å². The van der Waals surface area contributed by atoms with Crippen LogP contribution in [0, 0.1) is 6.92 Å². The fourth-order valence-corrected chi connectivity index (χ4v) is 2.67. The van der Waals surface area contributed by atoms with Crippen molar-refractivity contribution in [3.8, 4) is 0 Å². The van der Waals surface area contributed by atoms with Gasteiger partial charge in [0.15, 0.2) is 0 Å². The van der Waals surface area contributed by atoms with Gasteiger partial charge in [-0.1, -0.05) is 12.1 Å². The molecule has 2 aromatic rings. The maximum absolute atomic E-state index is 12.0. The quantitative estimate of drug-likeness (QED) is 0.712. The number of H-pyrrole nitrogens is 1. The second-order valence-electron chi connectivity index (χ2n) is 3.88. The molecule has 18 heavy (non-hydrogen) atoms. The van der Waals surface area contributed by atoms with Crippen molar-refractivity contribution in [3.05, 3.63) is 41.7 Å². The van der Waals surface area contributed by atoms with Crippen LogP contribution in [0.3, 0.4) is 0 Å². The molecule has 0 radical (unpaired) electrons. The minimum Gasteiger partial charge on any atom is -0.398 e. The average molecular weight is 266 g/mol. The third-order valence-electron chi connectivity index (χ3n) is 2.60. The summed E-state index contributed by atoms with van der Waals surface area (Å²) in [4.78, 5) is 0.0890. The lowest BCUT2D eigenvalue weighted by atomic mass is 10.3. The minimum atomic E-state index is -3.60. The normalized spacial score (nSPS) is 11.6. The third kappa shape index (κ3) is 2.52. The summed E-state index contributed by atoms with van der Waals surface area (Å²) in [5.41, 5.74) is 7.51. The van der Waals surface area contributed by atoms with E-state index < -0.39 is 10.0 Å². The molecule has 0 amide bonds. The van der Waals surface area contributed by atoms with E-state index in [1.54, 1.807) is 24.4 Å². The summed E-state index contributed by atoms with van der Waals surface area (Å²) in [7, 11) is -3.60. The number of aromatic nitrogens is 2. The van der Waals surface area contributed by atoms with Crippen molar-refractivity contribution in [2.45, 2.75) is 18.4 Å². The smallest absolute Gasteiger partial charge is 0.242 e. The number of nitrogens with one attached hydrogen (secondary N) is 2. The van der Waals surface area contributed by atoms with Crippen LogP contribution in [0.4, 0.5) is 5.69 Å². The molecule has 0 unspecified atom stereocenters. The molecule has 1 aromatic carbocycles. The van der Waals surface area contributed by atoms with Crippen molar-refractivity contribution in [1.82, 2.24) is 14.9 Å². The molecule has 0 aliphatic carbocycles. The van der Waals surface area contributed by atoms with Crippen LogP contribution in [0.15, 0.2) is 35.4 Å². The molecule has 2 rings (SSSR count). The fraction of sp³-hybridized carbons (Fsp3) is 0.182. The van der Waals surface area contributed by atoms with E-state index in [1.165, 1.54) is 6.07 Å². The Balaban J connectivity index is 2.19. The summed E-state index contributed by atoms with van der Waals surface area (Å²) in [6.07, 6.45) is 1.59. The molecule has 96 valence electrons. The van der Waals surface area contributed by atoms with E-state index in [0.717, 1.165) is 11.3 Å². The van der Waals surface area contributed by atoms with Crippen LogP contribution in [-0.2, 0) is 16.6 Å². The first-order valence-electron chi connectivity index (χ1n) is 5.34. The number of hydrogen-bond acceptors (Lipinski definition) is 4. The first-order chi connectivity index (χ1) is 8.50. The largest absolute Gasteiger partial charge is 0.398 e. The molecule has 1 heterocycles. The molecule has 0 spiro atoms. The standard InChI is InChI=1S/C11H14N4O2S/c1-8-9(6-13-15-8)7-14-18(16,17)11-5-3-2-4-10(11)12/h2-6,14H,7,12H2,1H3,(H,13,15). The number of nitrogen functional groups attached to an aromatic ring is 1. The molecule has 0 atom stereocenters. The second kappa shape index (κ2) is 4.79. The summed E-state index contributed by atoms with van der Waals surface area (Å²) in [5, 5.41) is 6.57. The number of hydrogen-bond donors (Lipinski definition) is 3. The number of nitrogens with zero attached hydrogens (tertiary/aromatic N) is 1. The van der Waals surface area contributed by atoms with Crippen LogP contribution < -0.4 is 10.5 Å². The molecule has 0 aliphatic heterocycles. The Hall–Kier alpha value is -1.86. The Kier molecular flexibility index (Phi) is 3.35. The first kappa shape index (κ1) is 12.6. The summed E-state index contributed by atoms with van der Waals surface area (Å²) >= 11 is 0. The molecule has 7 heteroatoms. The molecular formula is C11H14N4O2S. The zero-order chi connectivity index (χ0) is 13.2. The molecule has 1 aromatic heterocycles. The molecule has 0 bridgehead atoms. The van der Waals surface area contributed by atoms with Gasteiger partial charge in [-0.05, 0) is 19.1 Å². The van der Waals surface area contributed by atoms with Crippen molar-refractivity contribution < 1.29 is 8.42 Å². The number of aryl methyl sites for hydroxylation is 1. The van der Waals surface area contributed by atoms with E-state index in [-0.39, 0.29) is 17.1 Å². The summed E-state index contributed by atoms with van der Waals surface area (Å²) in [6, 6.07) is 6.35. The molecule has 0 saturated heterocycles. The SMILES string of the molecule is Cc1[nH]ncc1CNS(=O)(=O)c1ccccc1N. The topological polar surface area (TPSA) is 101 Å². The number of rotatable bonds is 4. The highest BCUT2D eigenvalue weighted by Crippen LogP contribution is 2.17. The summed E-state index contributed by atoms with van der Waals surface area (Å²) < 4.78 is 26.6. The number of nitrogens with two attached hydrogens (primary N) is 1. The Morgan fingerprint density at radius 1 is 1.39 bits per heavy atom. The minimum absolute atomic E-state index is 0.0890. The van der Waals surface area contributed by atoms with Crippen molar-refractivity contribution in [1.29, 1.82) is 0 Å². The van der Waals surface area contributed by atoms with Gasteiger partial charge in [-0.25, -0.2) is 13.1 Å². The van der Waals surface area contributed by atoms with Gasteiger partial charge in [-0.3, -0.25) is 5.10 Å². The van der Waals surface area contributed by atoms with E-state index in [4.69, 9.17) is 5.73 Å². The second-order valence-corrected chi connectivity index (χ2v) is 5.62. The Morgan fingerprint density at radius 3 is 2.72 bits per heavy atom. The van der Waals surface area contributed by atoms with Crippen molar-refractivity contribution in [2.24, 2.45) is 0 Å². The van der Waals surface area contributed by atoms with Gasteiger partial charge in [0.2, 0.25) is 10.0 Å². The number of aromatic amines is 1. The van der Waals surface area contributed by atoms with E-state index in [0.29, 0.717) is 0 Å². The van der Waals surface area contributed by atoms with Gasteiger partial charge in [0.05, 0.1) is 11.9 Å². The predicted molar refractivity (Wildman–Crippen MR) is 68.2 cm³/mol. The zero-order valence-corrected chi connectivity index (χ0v) is 10.7. The lowest BCUT2D eigenvalue weighted by Crippen LogP contribution is -2.24. The Morgan fingerprint density at radius 2 is 2.11 bits per heavy atom. The predicted octanol–water partition coefficient (Wildman–Crippen LogP) is 0.779. The van der Waals surface area contributed by atoms with Crippen molar-refractivity contribution >= 4 is 15.7 Å². The monoisotopic (exact) mass is 266 g/mol. The average Bonchev–Trinajstić information content (AvgIpc) is 2.73. The van der Waals surface area contributed by atoms with E-state index in [9.17, 15) is 8.42 Å². The highest BCUT2D eigenvalue weighted by Gasteiger charge is 2.16. The molecular weight excluding hydrogens is 252 g/mol. The lowest BCUT2D eigenvalue weighted by Gasteiger charge is -2.08. The molecule has 6 nitrogen and oxygen atoms in total. The van der Waals surface area contributed by atoms with E-state index >= 15 is 0 Å². The number of sulfonamides is 1. The fourth-order valence-electron chi connectivity index (χ4n) is 1.53. The molecule has 0 aliphatic rings. The third-order valence-corrected chi connectivity index (χ3v) is 4.07. The maximum Gasteiger partial charge on any atom is 0.242 e. The van der Waals surface area contributed by atoms with Gasteiger partial charge >= 0.3 is 0 Å². The summed E-state index contributed by atoms with van der Waals surface area (Å²) in [5.74, 6) is 0. The van der Waals surface area contributed by atoms with Crippen molar-refractivity contribution in [2.75, 3.05) is 5.73 Å². The summed E-state index contributed by atoms with van der Waals surface area (Å²) in [6.45, 7) is 2.01. The van der Waals surface area contributed by atoms with Gasteiger partial charge < -0.3 is 5.73 Å². The van der Waals surface area contributed by atoms with E-state index in [1.807, 2.05) is 6.92 Å². The van der Waals surface area contributed by atoms with Crippen LogP contribution in [0.2, 0.25) is 0 Å². The highest BCUT2D eigenvalue weighted by atomic mass is 32.2. The molecule has 0 fully saturated rings. The Labute approximate surface area is 105 Å². The van der Waals surface area contributed by atoms with Gasteiger partial charge in [0.1, 0.15) is 4.90 Å². The molecule has 4 N–H and O–H groups in total. The van der Waals surface area contributed by atoms with E-state index in [2.05, 4.69) is 14.9 Å². The first-order valence-corrected chi connectivity index (χ1v) is 6.82. The van der Waals surface area contributed by atoms with Crippen LogP contribution in [0.25, 0.3) is 0 Å². The zero-order valence-electron chi connectivity index (χ0n) is 9.84. The van der Waals surface area contributed by atoms with Crippen LogP contribution in [0.5, 0.6) is 0 Å². The van der Waals surface area contributed by atoms with Gasteiger partial charge in [0, 0.05) is 17.8 Å². The van der Waals surface area contributed by atoms with Gasteiger partial charge in [0.25, 0.3) is 0 Å². The maximum atomic E-state index is 12.0. The molecule has 0 saturated carbocycles. The number of anilines is 1. The number of para-hydroxylation sites is 1. The van der Waals surface area contributed by atoms with Crippen LogP contribution in [0.1, 0.15) is 11.3 Å². The highest BCUT2D eigenvalue weighted by molar-refractivity contribution is 7.89. The lowest BCUT2D eigenvalue weighted by molar-refractivity contribution is 0.581. The Bertz CT molecular complexity index is 649. The van der Waals surface area contributed by atoms with Crippen LogP contribution >= 0.6 is 0 Å². The number of benzene rings is 1. The van der Waals surface area contributed by atoms with Crippen molar-refractivity contribution in [3.63, 3.8) is 0 Å².